The van der Waals surface area contributed by atoms with Crippen molar-refractivity contribution in [2.75, 3.05) is 47.5 Å². The van der Waals surface area contributed by atoms with Gasteiger partial charge in [-0.3, -0.25) is 29.3 Å². The molecule has 17 heteroatoms. The zero-order valence-corrected chi connectivity index (χ0v) is 32.8. The Morgan fingerprint density at radius 1 is 1.04 bits per heavy atom. The number of aryl methyl sites for hydroxylation is 2. The molecule has 2 fully saturated rings. The fraction of sp³-hybridized carbons (Fsp3) is 0.368. The average molecular weight is 802 g/mol. The quantitative estimate of drug-likeness (QED) is 0.0930. The number of amides is 5. The summed E-state index contributed by atoms with van der Waals surface area (Å²) in [6.45, 7) is 6.48. The van der Waals surface area contributed by atoms with Gasteiger partial charge >= 0.3 is 0 Å². The summed E-state index contributed by atoms with van der Waals surface area (Å²) in [5, 5.41) is 9.40. The minimum absolute atomic E-state index is 0.130. The molecule has 1 atom stereocenters. The van der Waals surface area contributed by atoms with Crippen molar-refractivity contribution in [2.45, 2.75) is 63.4 Å². The molecule has 5 heterocycles. The third-order valence-electron chi connectivity index (χ3n) is 9.79. The summed E-state index contributed by atoms with van der Waals surface area (Å²) in [6, 6.07) is 12.3. The number of rotatable bonds is 12. The summed E-state index contributed by atoms with van der Waals surface area (Å²) in [5.41, 5.74) is 2.95. The molecular formula is C38H40ClN9O5S2. The van der Waals surface area contributed by atoms with Gasteiger partial charge in [-0.15, -0.1) is 11.8 Å². The van der Waals surface area contributed by atoms with Crippen LogP contribution in [0.2, 0.25) is 5.02 Å². The summed E-state index contributed by atoms with van der Waals surface area (Å²) in [4.78, 5) is 83.8. The minimum atomic E-state index is -0.639. The Bertz CT molecular complexity index is 2140. The monoisotopic (exact) mass is 801 g/mol. The van der Waals surface area contributed by atoms with E-state index >= 15 is 0 Å². The number of thiazole rings is 1. The minimum Gasteiger partial charge on any atom is -0.353 e. The Labute approximate surface area is 331 Å². The molecule has 4 aromatic rings. The zero-order valence-electron chi connectivity index (χ0n) is 30.4. The van der Waals surface area contributed by atoms with E-state index in [1.807, 2.05) is 49.1 Å². The van der Waals surface area contributed by atoms with Crippen LogP contribution >= 0.6 is 34.7 Å². The van der Waals surface area contributed by atoms with Crippen molar-refractivity contribution in [3.05, 3.63) is 81.1 Å². The highest BCUT2D eigenvalue weighted by Crippen LogP contribution is 2.35. The van der Waals surface area contributed by atoms with Crippen LogP contribution in [0, 0.1) is 13.8 Å². The smallest absolute Gasteiger partial charge is 0.267 e. The number of piperidine rings is 1. The van der Waals surface area contributed by atoms with Gasteiger partial charge in [-0.05, 0) is 68.2 Å². The lowest BCUT2D eigenvalue weighted by atomic mass is 10.0. The highest BCUT2D eigenvalue weighted by Gasteiger charge is 2.39. The van der Waals surface area contributed by atoms with Crippen LogP contribution in [0.4, 0.5) is 22.5 Å². The molecule has 7 rings (SSSR count). The maximum Gasteiger partial charge on any atom is 0.267 e. The van der Waals surface area contributed by atoms with Crippen molar-refractivity contribution in [3.63, 3.8) is 0 Å². The van der Waals surface area contributed by atoms with Crippen LogP contribution in [0.1, 0.15) is 69.1 Å². The van der Waals surface area contributed by atoms with Gasteiger partial charge in [0.2, 0.25) is 17.7 Å². The number of nitrogens with zero attached hydrogens (tertiary/aromatic N) is 6. The Kier molecular flexibility index (Phi) is 11.6. The lowest BCUT2D eigenvalue weighted by molar-refractivity contribution is -0.137. The molecule has 5 amide bonds. The second-order valence-electron chi connectivity index (χ2n) is 13.6. The maximum atomic E-state index is 13.1. The predicted octanol–water partition coefficient (Wildman–Crippen LogP) is 5.57. The SMILES string of the molecule is Cc1nc(Nc2ncc(C(=O)Nc3c(C)cccc3Cl)s2)cc(N2CCN(C(=O)CCCCSc3cccc4c3CN(C3CCC(=O)NC3=O)C4=O)CC2)n1. The molecular weight excluding hydrogens is 762 g/mol. The van der Waals surface area contributed by atoms with E-state index in [-0.39, 0.29) is 30.0 Å². The lowest BCUT2D eigenvalue weighted by Crippen LogP contribution is -2.52. The van der Waals surface area contributed by atoms with Gasteiger partial charge in [0, 0.05) is 62.1 Å². The molecule has 2 saturated heterocycles. The number of carbonyl (C=O) groups is 5. The van der Waals surface area contributed by atoms with Crippen LogP contribution in [0.5, 0.6) is 0 Å². The number of imide groups is 1. The van der Waals surface area contributed by atoms with E-state index in [2.05, 4.69) is 35.8 Å². The van der Waals surface area contributed by atoms with E-state index in [0.29, 0.717) is 83.5 Å². The third-order valence-corrected chi connectivity index (χ3v) is 12.2. The first-order chi connectivity index (χ1) is 26.5. The fourth-order valence-corrected chi connectivity index (χ4v) is 8.97. The molecule has 3 aliphatic rings. The summed E-state index contributed by atoms with van der Waals surface area (Å²) < 4.78 is 0. The van der Waals surface area contributed by atoms with Gasteiger partial charge in [0.25, 0.3) is 11.8 Å². The Morgan fingerprint density at radius 2 is 1.84 bits per heavy atom. The first-order valence-corrected chi connectivity index (χ1v) is 20.3. The molecule has 14 nitrogen and oxygen atoms in total. The molecule has 55 heavy (non-hydrogen) atoms. The van der Waals surface area contributed by atoms with E-state index in [4.69, 9.17) is 11.6 Å². The number of hydrogen-bond donors (Lipinski definition) is 3. The number of hydrogen-bond acceptors (Lipinski definition) is 12. The molecule has 0 radical (unpaired) electrons. The summed E-state index contributed by atoms with van der Waals surface area (Å²) >= 11 is 9.15. The molecule has 3 aliphatic heterocycles. The number of carbonyl (C=O) groups excluding carboxylic acids is 5. The molecule has 0 bridgehead atoms. The van der Waals surface area contributed by atoms with Gasteiger partial charge in [-0.2, -0.15) is 0 Å². The summed E-state index contributed by atoms with van der Waals surface area (Å²) in [5.74, 6) is 1.61. The van der Waals surface area contributed by atoms with Crippen LogP contribution in [0.25, 0.3) is 0 Å². The van der Waals surface area contributed by atoms with Gasteiger partial charge in [0.15, 0.2) is 5.13 Å². The molecule has 3 N–H and O–H groups in total. The van der Waals surface area contributed by atoms with E-state index in [1.165, 1.54) is 17.5 Å². The summed E-state index contributed by atoms with van der Waals surface area (Å²) in [6.07, 6.45) is 4.12. The van der Waals surface area contributed by atoms with Crippen LogP contribution in [-0.4, -0.2) is 92.3 Å². The summed E-state index contributed by atoms with van der Waals surface area (Å²) in [7, 11) is 0. The highest BCUT2D eigenvalue weighted by atomic mass is 35.5. The van der Waals surface area contributed by atoms with E-state index < -0.39 is 11.9 Å². The van der Waals surface area contributed by atoms with Crippen molar-refractivity contribution in [3.8, 4) is 0 Å². The standard InChI is InChI=1S/C38H40ClN9O5S2/c1-22-7-5-9-26(39)34(22)45-36(52)29-20-40-38(55-29)43-30-19-31(42-23(2)41-30)46-14-16-47(17-15-46)33(50)11-3-4-18-54-28-10-6-8-24-25(28)21-48(37(24)53)27-12-13-32(49)44-35(27)51/h5-10,19-20,27H,3-4,11-18,21H2,1-2H3,(H,45,52)(H,44,49,51)(H,40,41,42,43). The largest absolute Gasteiger partial charge is 0.353 e. The fourth-order valence-electron chi connectivity index (χ4n) is 6.89. The van der Waals surface area contributed by atoms with Gasteiger partial charge in [0.1, 0.15) is 28.4 Å². The molecule has 286 valence electrons. The second-order valence-corrected chi connectivity index (χ2v) is 16.1. The first kappa shape index (κ1) is 38.2. The molecule has 1 unspecified atom stereocenters. The lowest BCUT2D eigenvalue weighted by Gasteiger charge is -2.35. The van der Waals surface area contributed by atoms with Crippen molar-refractivity contribution in [2.24, 2.45) is 0 Å². The maximum absolute atomic E-state index is 13.1. The normalized spacial score (nSPS) is 17.0. The topological polar surface area (TPSA) is 170 Å². The van der Waals surface area contributed by atoms with Gasteiger partial charge in [0.05, 0.1) is 16.9 Å². The molecule has 0 spiro atoms. The third kappa shape index (κ3) is 8.76. The number of para-hydroxylation sites is 1. The van der Waals surface area contributed by atoms with Crippen molar-refractivity contribution in [1.82, 2.24) is 30.1 Å². The van der Waals surface area contributed by atoms with Crippen molar-refractivity contribution >= 4 is 86.7 Å². The van der Waals surface area contributed by atoms with Crippen LogP contribution < -0.4 is 20.9 Å². The molecule has 2 aromatic carbocycles. The number of piperazine rings is 1. The average Bonchev–Trinajstić information content (AvgIpc) is 3.77. The Balaban J connectivity index is 0.853. The van der Waals surface area contributed by atoms with Crippen LogP contribution in [0.3, 0.4) is 0 Å². The molecule has 0 aliphatic carbocycles. The number of fused-ring (bicyclic) bond motifs is 1. The van der Waals surface area contributed by atoms with Gasteiger partial charge in [-0.25, -0.2) is 15.0 Å². The van der Waals surface area contributed by atoms with Crippen LogP contribution in [0.15, 0.2) is 53.6 Å². The van der Waals surface area contributed by atoms with E-state index in [9.17, 15) is 24.0 Å². The van der Waals surface area contributed by atoms with Crippen molar-refractivity contribution < 1.29 is 24.0 Å². The van der Waals surface area contributed by atoms with Gasteiger partial charge < -0.3 is 25.3 Å². The second kappa shape index (κ2) is 16.8. The van der Waals surface area contributed by atoms with E-state index in [0.717, 1.165) is 40.4 Å². The van der Waals surface area contributed by atoms with Crippen LogP contribution in [-0.2, 0) is 20.9 Å². The number of nitrogens with one attached hydrogen (secondary N) is 3. The number of unbranched alkanes of at least 4 members (excludes halogenated alkanes) is 1. The van der Waals surface area contributed by atoms with E-state index in [1.54, 1.807) is 28.8 Å². The number of anilines is 4. The number of aromatic nitrogens is 3. The first-order valence-electron chi connectivity index (χ1n) is 18.1. The molecule has 0 saturated carbocycles. The number of benzene rings is 2. The molecule has 2 aromatic heterocycles. The number of halogens is 1. The van der Waals surface area contributed by atoms with Gasteiger partial charge in [-0.1, -0.05) is 41.1 Å². The Hall–Kier alpha value is -5.06. The Morgan fingerprint density at radius 3 is 2.62 bits per heavy atom. The highest BCUT2D eigenvalue weighted by molar-refractivity contribution is 7.99. The predicted molar refractivity (Wildman–Crippen MR) is 212 cm³/mol. The van der Waals surface area contributed by atoms with Crippen molar-refractivity contribution in [1.29, 1.82) is 0 Å². The number of thioether (sulfide) groups is 1. The zero-order chi connectivity index (χ0) is 38.6.